The quantitative estimate of drug-likeness (QED) is 0.679. The Balaban J connectivity index is 1.45. The molecule has 1 aliphatic heterocycles. The molecule has 0 radical (unpaired) electrons. The predicted molar refractivity (Wildman–Crippen MR) is 118 cm³/mol. The minimum atomic E-state index is -0.0163. The van der Waals surface area contributed by atoms with Crippen LogP contribution in [0.15, 0.2) is 24.3 Å². The van der Waals surface area contributed by atoms with Crippen LogP contribution in [0.3, 0.4) is 0 Å². The number of nitrogens with zero attached hydrogens (tertiary/aromatic N) is 5. The summed E-state index contributed by atoms with van der Waals surface area (Å²) in [6.45, 7) is 3.88. The highest BCUT2D eigenvalue weighted by Gasteiger charge is 2.26. The predicted octanol–water partition coefficient (Wildman–Crippen LogP) is 3.61. The lowest BCUT2D eigenvalue weighted by molar-refractivity contribution is 0.0786. The lowest BCUT2D eigenvalue weighted by Gasteiger charge is -2.30. The van der Waals surface area contributed by atoms with Crippen LogP contribution in [0.2, 0.25) is 0 Å². The van der Waals surface area contributed by atoms with Gasteiger partial charge >= 0.3 is 6.03 Å². The summed E-state index contributed by atoms with van der Waals surface area (Å²) in [5.74, 6) is 0. The molecular weight excluding hydrogens is 392 g/mol. The molecule has 5 rings (SSSR count). The van der Waals surface area contributed by atoms with Crippen LogP contribution in [0.5, 0.6) is 0 Å². The van der Waals surface area contributed by atoms with Crippen LogP contribution < -0.4 is 5.32 Å². The fourth-order valence-electron chi connectivity index (χ4n) is 4.87. The van der Waals surface area contributed by atoms with Gasteiger partial charge in [-0.2, -0.15) is 4.52 Å². The van der Waals surface area contributed by atoms with E-state index in [2.05, 4.69) is 46.0 Å². The summed E-state index contributed by atoms with van der Waals surface area (Å²) < 4.78 is 7.62. The Labute approximate surface area is 181 Å². The first kappa shape index (κ1) is 20.2. The maximum absolute atomic E-state index is 13.3. The molecule has 2 aromatic heterocycles. The first-order valence-corrected chi connectivity index (χ1v) is 11.4. The van der Waals surface area contributed by atoms with Crippen LogP contribution in [0, 0.1) is 6.92 Å². The second-order valence-electron chi connectivity index (χ2n) is 8.95. The van der Waals surface area contributed by atoms with Crippen molar-refractivity contribution in [2.45, 2.75) is 70.6 Å². The molecule has 1 aromatic carbocycles. The monoisotopic (exact) mass is 422 g/mol. The molecule has 1 saturated carbocycles. The van der Waals surface area contributed by atoms with E-state index in [0.717, 1.165) is 48.8 Å². The highest BCUT2D eigenvalue weighted by Crippen LogP contribution is 2.23. The number of nitrogens with one attached hydrogen (secondary N) is 1. The first-order chi connectivity index (χ1) is 15.2. The van der Waals surface area contributed by atoms with Crippen LogP contribution in [0.25, 0.3) is 16.6 Å². The number of aryl methyl sites for hydroxylation is 1. The molecule has 2 fully saturated rings. The van der Waals surface area contributed by atoms with Gasteiger partial charge in [0.15, 0.2) is 5.65 Å². The van der Waals surface area contributed by atoms with Gasteiger partial charge < -0.3 is 15.0 Å². The zero-order valence-corrected chi connectivity index (χ0v) is 18.1. The lowest BCUT2D eigenvalue weighted by Crippen LogP contribution is -2.47. The van der Waals surface area contributed by atoms with Gasteiger partial charge in [0.05, 0.1) is 18.2 Å². The number of fused-ring (bicyclic) bond motifs is 3. The van der Waals surface area contributed by atoms with E-state index in [-0.39, 0.29) is 18.2 Å². The van der Waals surface area contributed by atoms with Gasteiger partial charge in [-0.25, -0.2) is 4.79 Å². The summed E-state index contributed by atoms with van der Waals surface area (Å²) in [6, 6.07) is 8.60. The van der Waals surface area contributed by atoms with E-state index >= 15 is 0 Å². The number of urea groups is 1. The summed E-state index contributed by atoms with van der Waals surface area (Å²) >= 11 is 0. The average molecular weight is 423 g/mol. The molecule has 31 heavy (non-hydrogen) atoms. The molecule has 3 aromatic rings. The van der Waals surface area contributed by atoms with Crippen molar-refractivity contribution in [3.63, 3.8) is 0 Å². The van der Waals surface area contributed by atoms with Crippen molar-refractivity contribution in [2.75, 3.05) is 13.2 Å². The van der Waals surface area contributed by atoms with Gasteiger partial charge in [-0.05, 0) is 61.2 Å². The molecule has 1 N–H and O–H groups in total. The van der Waals surface area contributed by atoms with Crippen molar-refractivity contribution in [3.8, 4) is 0 Å². The van der Waals surface area contributed by atoms with E-state index in [1.165, 1.54) is 24.8 Å². The standard InChI is InChI=1S/C23H30N6O2/c1-16-9-10-21-17(12-16)13-18(22-25-26-27-29(21)22)14-28(15-20-8-5-11-31-20)23(30)24-19-6-3-2-4-7-19/h9-10,12-13,19-20H,2-8,11,14-15H2,1H3,(H,24,30)/t20-/m1/s1. The van der Waals surface area contributed by atoms with E-state index in [4.69, 9.17) is 4.74 Å². The molecule has 2 amide bonds. The third kappa shape index (κ3) is 4.35. The van der Waals surface area contributed by atoms with Crippen molar-refractivity contribution in [2.24, 2.45) is 0 Å². The topological polar surface area (TPSA) is 84.6 Å². The maximum atomic E-state index is 13.3. The van der Waals surface area contributed by atoms with Crippen molar-refractivity contribution >= 4 is 22.6 Å². The van der Waals surface area contributed by atoms with E-state index in [9.17, 15) is 4.79 Å². The third-order valence-corrected chi connectivity index (χ3v) is 6.53. The number of carbonyl (C=O) groups is 1. The SMILES string of the molecule is Cc1ccc2c(c1)cc(CN(C[C@H]1CCCO1)C(=O)NC1CCCCC1)c1nnnn12. The molecule has 1 atom stereocenters. The van der Waals surface area contributed by atoms with Crippen molar-refractivity contribution in [1.82, 2.24) is 30.3 Å². The zero-order chi connectivity index (χ0) is 21.2. The molecule has 0 spiro atoms. The van der Waals surface area contributed by atoms with E-state index in [1.807, 2.05) is 11.0 Å². The maximum Gasteiger partial charge on any atom is 0.318 e. The Hall–Kier alpha value is -2.74. The van der Waals surface area contributed by atoms with Crippen LogP contribution in [-0.4, -0.2) is 56.3 Å². The van der Waals surface area contributed by atoms with Crippen molar-refractivity contribution in [1.29, 1.82) is 0 Å². The summed E-state index contributed by atoms with van der Waals surface area (Å²) in [5, 5.41) is 16.7. The molecule has 0 unspecified atom stereocenters. The van der Waals surface area contributed by atoms with Gasteiger partial charge in [0.2, 0.25) is 0 Å². The van der Waals surface area contributed by atoms with E-state index in [0.29, 0.717) is 18.7 Å². The summed E-state index contributed by atoms with van der Waals surface area (Å²) in [6.07, 6.45) is 7.90. The second-order valence-corrected chi connectivity index (χ2v) is 8.95. The number of amides is 2. The Bertz CT molecular complexity index is 1070. The second kappa shape index (κ2) is 8.78. The van der Waals surface area contributed by atoms with Gasteiger partial charge in [0.25, 0.3) is 0 Å². The number of carbonyl (C=O) groups excluding carboxylic acids is 1. The molecule has 1 saturated heterocycles. The van der Waals surface area contributed by atoms with Crippen LogP contribution in [-0.2, 0) is 11.3 Å². The number of tetrazole rings is 1. The lowest BCUT2D eigenvalue weighted by atomic mass is 9.96. The molecule has 0 bridgehead atoms. The van der Waals surface area contributed by atoms with E-state index < -0.39 is 0 Å². The third-order valence-electron chi connectivity index (χ3n) is 6.53. The number of aromatic nitrogens is 4. The normalized spacial score (nSPS) is 19.8. The first-order valence-electron chi connectivity index (χ1n) is 11.4. The number of hydrogen-bond donors (Lipinski definition) is 1. The van der Waals surface area contributed by atoms with Crippen LogP contribution in [0.1, 0.15) is 56.1 Å². The zero-order valence-electron chi connectivity index (χ0n) is 18.1. The van der Waals surface area contributed by atoms with E-state index in [1.54, 1.807) is 4.52 Å². The number of hydrogen-bond acceptors (Lipinski definition) is 5. The number of rotatable bonds is 5. The van der Waals surface area contributed by atoms with Crippen molar-refractivity contribution < 1.29 is 9.53 Å². The smallest absolute Gasteiger partial charge is 0.318 e. The largest absolute Gasteiger partial charge is 0.376 e. The summed E-state index contributed by atoms with van der Waals surface area (Å²) in [4.78, 5) is 15.2. The Kier molecular flexibility index (Phi) is 5.72. The Morgan fingerprint density at radius 2 is 2.06 bits per heavy atom. The highest BCUT2D eigenvalue weighted by atomic mass is 16.5. The molecule has 8 nitrogen and oxygen atoms in total. The van der Waals surface area contributed by atoms with Gasteiger partial charge in [0, 0.05) is 30.1 Å². The minimum absolute atomic E-state index is 0.0163. The van der Waals surface area contributed by atoms with Crippen molar-refractivity contribution in [3.05, 3.63) is 35.4 Å². The molecule has 1 aliphatic carbocycles. The summed E-state index contributed by atoms with van der Waals surface area (Å²) in [5.41, 5.74) is 3.78. The molecule has 8 heteroatoms. The average Bonchev–Trinajstić information content (AvgIpc) is 3.46. The molecular formula is C23H30N6O2. The Morgan fingerprint density at radius 1 is 1.19 bits per heavy atom. The fourth-order valence-corrected chi connectivity index (χ4v) is 4.87. The van der Waals surface area contributed by atoms with Gasteiger partial charge in [0.1, 0.15) is 0 Å². The van der Waals surface area contributed by atoms with Crippen LogP contribution in [0.4, 0.5) is 4.79 Å². The van der Waals surface area contributed by atoms with Gasteiger partial charge in [-0.15, -0.1) is 5.10 Å². The summed E-state index contributed by atoms with van der Waals surface area (Å²) in [7, 11) is 0. The Morgan fingerprint density at radius 3 is 2.87 bits per heavy atom. The highest BCUT2D eigenvalue weighted by molar-refractivity contribution is 5.84. The van der Waals surface area contributed by atoms with Crippen LogP contribution >= 0.6 is 0 Å². The number of ether oxygens (including phenoxy) is 1. The molecule has 3 heterocycles. The van der Waals surface area contributed by atoms with Gasteiger partial charge in [-0.1, -0.05) is 30.9 Å². The minimum Gasteiger partial charge on any atom is -0.376 e. The molecule has 2 aliphatic rings. The number of benzene rings is 1. The fraction of sp³-hybridized carbons (Fsp3) is 0.565. The van der Waals surface area contributed by atoms with Gasteiger partial charge in [-0.3, -0.25) is 0 Å². The number of pyridine rings is 1. The molecule has 164 valence electrons.